The highest BCUT2D eigenvalue weighted by atomic mass is 19.1. The number of halogens is 1. The molecule has 17 heavy (non-hydrogen) atoms. The van der Waals surface area contributed by atoms with Gasteiger partial charge in [-0.1, -0.05) is 19.1 Å². The smallest absolute Gasteiger partial charge is 0.231 e. The second-order valence-electron chi connectivity index (χ2n) is 3.87. The lowest BCUT2D eigenvalue weighted by Gasteiger charge is -2.25. The normalized spacial score (nSPS) is 12.2. The largest absolute Gasteiger partial charge is 0.330 e. The second-order valence-corrected chi connectivity index (χ2v) is 3.87. The Morgan fingerprint density at radius 1 is 1.41 bits per heavy atom. The molecule has 0 bridgehead atoms. The van der Waals surface area contributed by atoms with Crippen LogP contribution in [0.2, 0.25) is 0 Å². The number of anilines is 1. The number of carbonyl (C=O) groups excluding carboxylic acids is 1. The van der Waals surface area contributed by atoms with Crippen LogP contribution in [0.1, 0.15) is 20.3 Å². The van der Waals surface area contributed by atoms with Crippen LogP contribution in [-0.2, 0) is 4.79 Å². The molecule has 1 rings (SSSR count). The highest BCUT2D eigenvalue weighted by Crippen LogP contribution is 2.21. The van der Waals surface area contributed by atoms with Crippen LogP contribution in [0.4, 0.5) is 10.1 Å². The average Bonchev–Trinajstić information content (AvgIpc) is 2.34. The number of carbonyl (C=O) groups is 1. The van der Waals surface area contributed by atoms with Crippen molar-refractivity contribution in [3.63, 3.8) is 0 Å². The number of nitrogens with two attached hydrogens (primary N) is 1. The summed E-state index contributed by atoms with van der Waals surface area (Å²) in [6.45, 7) is 4.47. The average molecular weight is 238 g/mol. The monoisotopic (exact) mass is 238 g/mol. The van der Waals surface area contributed by atoms with Crippen molar-refractivity contribution in [1.29, 1.82) is 0 Å². The zero-order valence-electron chi connectivity index (χ0n) is 10.3. The van der Waals surface area contributed by atoms with Gasteiger partial charge in [0.25, 0.3) is 0 Å². The molecule has 94 valence electrons. The van der Waals surface area contributed by atoms with Crippen LogP contribution < -0.4 is 10.6 Å². The number of amides is 1. The molecule has 0 spiro atoms. The minimum absolute atomic E-state index is 0.109. The van der Waals surface area contributed by atoms with Gasteiger partial charge in [-0.25, -0.2) is 4.39 Å². The second kappa shape index (κ2) is 6.35. The highest BCUT2D eigenvalue weighted by Gasteiger charge is 2.23. The molecule has 1 aromatic carbocycles. The van der Waals surface area contributed by atoms with Crippen LogP contribution in [0, 0.1) is 11.7 Å². The molecule has 0 aromatic heterocycles. The van der Waals surface area contributed by atoms with Crippen LogP contribution >= 0.6 is 0 Å². The quantitative estimate of drug-likeness (QED) is 0.854. The predicted octanol–water partition coefficient (Wildman–Crippen LogP) is 2.16. The van der Waals surface area contributed by atoms with Crippen molar-refractivity contribution < 1.29 is 9.18 Å². The standard InChI is InChI=1S/C13H19FN2O/c1-3-10(9-15)13(17)16(4-2)12-8-6-5-7-11(12)14/h5-8,10H,3-4,9,15H2,1-2H3. The van der Waals surface area contributed by atoms with Gasteiger partial charge in [0.05, 0.1) is 11.6 Å². The minimum atomic E-state index is -0.380. The fourth-order valence-corrected chi connectivity index (χ4v) is 1.78. The molecule has 0 aliphatic carbocycles. The van der Waals surface area contributed by atoms with Crippen LogP contribution in [0.25, 0.3) is 0 Å². The maximum absolute atomic E-state index is 13.6. The highest BCUT2D eigenvalue weighted by molar-refractivity contribution is 5.95. The Balaban J connectivity index is 3.00. The summed E-state index contributed by atoms with van der Waals surface area (Å²) < 4.78 is 13.6. The maximum Gasteiger partial charge on any atom is 0.231 e. The van der Waals surface area contributed by atoms with E-state index in [2.05, 4.69) is 0 Å². The summed E-state index contributed by atoms with van der Waals surface area (Å²) in [5.41, 5.74) is 5.88. The van der Waals surface area contributed by atoms with E-state index in [0.29, 0.717) is 25.2 Å². The van der Waals surface area contributed by atoms with Gasteiger partial charge in [-0.05, 0) is 25.5 Å². The van der Waals surface area contributed by atoms with Gasteiger partial charge in [0.15, 0.2) is 0 Å². The Kier molecular flexibility index (Phi) is 5.10. The van der Waals surface area contributed by atoms with Crippen molar-refractivity contribution in [3.8, 4) is 0 Å². The molecular formula is C13H19FN2O. The molecule has 0 aliphatic rings. The number of hydrogen-bond acceptors (Lipinski definition) is 2. The first-order valence-electron chi connectivity index (χ1n) is 5.91. The lowest BCUT2D eigenvalue weighted by Crippen LogP contribution is -2.39. The molecule has 0 aliphatic heterocycles. The summed E-state index contributed by atoms with van der Waals surface area (Å²) >= 11 is 0. The number of nitrogens with zero attached hydrogens (tertiary/aromatic N) is 1. The Morgan fingerprint density at radius 2 is 2.06 bits per heavy atom. The minimum Gasteiger partial charge on any atom is -0.330 e. The van der Waals surface area contributed by atoms with Gasteiger partial charge in [-0.15, -0.1) is 0 Å². The van der Waals surface area contributed by atoms with Gasteiger partial charge in [0.2, 0.25) is 5.91 Å². The van der Waals surface area contributed by atoms with Gasteiger partial charge in [-0.3, -0.25) is 4.79 Å². The van der Waals surface area contributed by atoms with Gasteiger partial charge in [0, 0.05) is 13.1 Å². The van der Waals surface area contributed by atoms with E-state index in [0.717, 1.165) is 0 Å². The number of benzene rings is 1. The summed E-state index contributed by atoms with van der Waals surface area (Å²) in [5, 5.41) is 0. The molecular weight excluding hydrogens is 219 g/mol. The molecule has 3 nitrogen and oxygen atoms in total. The molecule has 1 amide bonds. The van der Waals surface area contributed by atoms with Crippen molar-refractivity contribution in [3.05, 3.63) is 30.1 Å². The molecule has 0 fully saturated rings. The zero-order valence-corrected chi connectivity index (χ0v) is 10.3. The van der Waals surface area contributed by atoms with E-state index in [4.69, 9.17) is 5.73 Å². The van der Waals surface area contributed by atoms with E-state index >= 15 is 0 Å². The van der Waals surface area contributed by atoms with E-state index in [1.807, 2.05) is 13.8 Å². The van der Waals surface area contributed by atoms with Gasteiger partial charge in [0.1, 0.15) is 5.82 Å². The van der Waals surface area contributed by atoms with Crippen molar-refractivity contribution in [2.24, 2.45) is 11.7 Å². The summed E-state index contributed by atoms with van der Waals surface area (Å²) in [6.07, 6.45) is 0.667. The fourth-order valence-electron chi connectivity index (χ4n) is 1.78. The topological polar surface area (TPSA) is 46.3 Å². The number of hydrogen-bond donors (Lipinski definition) is 1. The summed E-state index contributed by atoms with van der Waals surface area (Å²) in [7, 11) is 0. The zero-order chi connectivity index (χ0) is 12.8. The molecule has 0 saturated carbocycles. The van der Waals surface area contributed by atoms with Crippen molar-refractivity contribution in [2.75, 3.05) is 18.0 Å². The fraction of sp³-hybridized carbons (Fsp3) is 0.462. The van der Waals surface area contributed by atoms with Crippen molar-refractivity contribution in [2.45, 2.75) is 20.3 Å². The number of rotatable bonds is 5. The third-order valence-electron chi connectivity index (χ3n) is 2.85. The van der Waals surface area contributed by atoms with Crippen LogP contribution in [0.5, 0.6) is 0 Å². The molecule has 0 saturated heterocycles. The van der Waals surface area contributed by atoms with E-state index in [1.54, 1.807) is 18.2 Å². The van der Waals surface area contributed by atoms with Gasteiger partial charge < -0.3 is 10.6 Å². The molecule has 1 aromatic rings. The lowest BCUT2D eigenvalue weighted by molar-refractivity contribution is -0.122. The van der Waals surface area contributed by atoms with E-state index in [1.165, 1.54) is 11.0 Å². The molecule has 2 N–H and O–H groups in total. The SMILES string of the molecule is CCC(CN)C(=O)N(CC)c1ccccc1F. The van der Waals surface area contributed by atoms with Gasteiger partial charge >= 0.3 is 0 Å². The van der Waals surface area contributed by atoms with Crippen molar-refractivity contribution >= 4 is 11.6 Å². The van der Waals surface area contributed by atoms with E-state index in [9.17, 15) is 9.18 Å². The lowest BCUT2D eigenvalue weighted by atomic mass is 10.0. The Labute approximate surface area is 101 Å². The Morgan fingerprint density at radius 3 is 2.53 bits per heavy atom. The maximum atomic E-state index is 13.6. The Bertz CT molecular complexity index is 377. The molecule has 1 atom stereocenters. The third kappa shape index (κ3) is 3.03. The Hall–Kier alpha value is -1.42. The van der Waals surface area contributed by atoms with Crippen molar-refractivity contribution in [1.82, 2.24) is 0 Å². The van der Waals surface area contributed by atoms with Crippen LogP contribution in [0.3, 0.4) is 0 Å². The third-order valence-corrected chi connectivity index (χ3v) is 2.85. The molecule has 1 unspecified atom stereocenters. The molecule has 0 heterocycles. The summed E-state index contributed by atoms with van der Waals surface area (Å²) in [4.78, 5) is 13.6. The van der Waals surface area contributed by atoms with Crippen LogP contribution in [-0.4, -0.2) is 19.0 Å². The number of para-hydroxylation sites is 1. The first-order chi connectivity index (χ1) is 8.15. The molecule has 4 heteroatoms. The van der Waals surface area contributed by atoms with Crippen LogP contribution in [0.15, 0.2) is 24.3 Å². The van der Waals surface area contributed by atoms with E-state index < -0.39 is 0 Å². The molecule has 0 radical (unpaired) electrons. The first-order valence-corrected chi connectivity index (χ1v) is 5.91. The summed E-state index contributed by atoms with van der Waals surface area (Å²) in [5.74, 6) is -0.730. The summed E-state index contributed by atoms with van der Waals surface area (Å²) in [6, 6.07) is 6.30. The first kappa shape index (κ1) is 13.6. The van der Waals surface area contributed by atoms with Gasteiger partial charge in [-0.2, -0.15) is 0 Å². The predicted molar refractivity (Wildman–Crippen MR) is 67.3 cm³/mol. The van der Waals surface area contributed by atoms with E-state index in [-0.39, 0.29) is 17.6 Å².